The Morgan fingerprint density at radius 1 is 0.783 bits per heavy atom. The van der Waals surface area contributed by atoms with Crippen LogP contribution in [0.3, 0.4) is 0 Å². The zero-order valence-electron chi connectivity index (χ0n) is 12.9. The van der Waals surface area contributed by atoms with E-state index in [0.29, 0.717) is 8.58 Å². The van der Waals surface area contributed by atoms with Crippen LogP contribution in [0, 0.1) is 0 Å². The van der Waals surface area contributed by atoms with Gasteiger partial charge in [-0.3, -0.25) is 0 Å². The largest absolute Gasteiger partial charge is 0.496 e. The summed E-state index contributed by atoms with van der Waals surface area (Å²) in [4.78, 5) is 4.87. The minimum Gasteiger partial charge on any atom is -0.496 e. The summed E-state index contributed by atoms with van der Waals surface area (Å²) < 4.78 is 5.48. The van der Waals surface area contributed by atoms with Crippen LogP contribution in [0.5, 0.6) is 5.75 Å². The standard InChI is InChI=1S/C20H18NOP/c1-22-18-14-8-9-15-19(18)23-20(16-10-4-2-5-11-16)21-17-12-6-3-7-13-17/h2-15,23H,1H3. The van der Waals surface area contributed by atoms with Crippen LogP contribution in [-0.4, -0.2) is 12.6 Å². The molecule has 0 aromatic heterocycles. The predicted octanol–water partition coefficient (Wildman–Crippen LogP) is 4.78. The van der Waals surface area contributed by atoms with E-state index in [1.54, 1.807) is 7.11 Å². The van der Waals surface area contributed by atoms with Crippen molar-refractivity contribution in [2.45, 2.75) is 0 Å². The molecule has 0 bridgehead atoms. The van der Waals surface area contributed by atoms with Crippen LogP contribution >= 0.6 is 8.58 Å². The van der Waals surface area contributed by atoms with Gasteiger partial charge in [-0.25, -0.2) is 4.99 Å². The molecule has 1 unspecified atom stereocenters. The van der Waals surface area contributed by atoms with Gasteiger partial charge < -0.3 is 4.74 Å². The van der Waals surface area contributed by atoms with Crippen molar-refractivity contribution in [2.24, 2.45) is 4.99 Å². The molecule has 114 valence electrons. The van der Waals surface area contributed by atoms with E-state index in [1.807, 2.05) is 66.7 Å². The molecule has 0 saturated heterocycles. The predicted molar refractivity (Wildman–Crippen MR) is 100 cm³/mol. The fourth-order valence-electron chi connectivity index (χ4n) is 2.27. The molecule has 0 aliphatic rings. The molecule has 0 aliphatic heterocycles. The van der Waals surface area contributed by atoms with Gasteiger partial charge in [0.1, 0.15) is 5.75 Å². The summed E-state index contributed by atoms with van der Waals surface area (Å²) in [6, 6.07) is 28.5. The van der Waals surface area contributed by atoms with Crippen LogP contribution in [0.4, 0.5) is 5.69 Å². The molecular weight excluding hydrogens is 301 g/mol. The topological polar surface area (TPSA) is 21.6 Å². The Hall–Kier alpha value is -2.44. The number of rotatable bonds is 5. The Balaban J connectivity index is 2.01. The minimum atomic E-state index is 0.429. The van der Waals surface area contributed by atoms with Crippen LogP contribution in [-0.2, 0) is 0 Å². The molecule has 23 heavy (non-hydrogen) atoms. The van der Waals surface area contributed by atoms with E-state index in [0.717, 1.165) is 27.8 Å². The molecule has 0 spiro atoms. The van der Waals surface area contributed by atoms with Crippen LogP contribution in [0.1, 0.15) is 5.56 Å². The van der Waals surface area contributed by atoms with E-state index in [9.17, 15) is 0 Å². The molecular formula is C20H18NOP. The first-order valence-electron chi connectivity index (χ1n) is 7.46. The van der Waals surface area contributed by atoms with Gasteiger partial charge in [-0.1, -0.05) is 66.7 Å². The van der Waals surface area contributed by atoms with E-state index < -0.39 is 0 Å². The van der Waals surface area contributed by atoms with E-state index in [2.05, 4.69) is 18.2 Å². The number of nitrogens with zero attached hydrogens (tertiary/aromatic N) is 1. The molecule has 1 atom stereocenters. The number of benzene rings is 3. The number of para-hydroxylation sites is 2. The smallest absolute Gasteiger partial charge is 0.126 e. The number of aliphatic imine (C=N–C) groups is 1. The second-order valence-electron chi connectivity index (χ2n) is 4.99. The van der Waals surface area contributed by atoms with Crippen LogP contribution in [0.15, 0.2) is 89.9 Å². The van der Waals surface area contributed by atoms with E-state index in [-0.39, 0.29) is 0 Å². The second kappa shape index (κ2) is 7.71. The molecule has 0 fully saturated rings. The van der Waals surface area contributed by atoms with Crippen LogP contribution in [0.25, 0.3) is 0 Å². The molecule has 0 N–H and O–H groups in total. The Bertz CT molecular complexity index is 785. The lowest BCUT2D eigenvalue weighted by molar-refractivity contribution is 0.418. The maximum atomic E-state index is 5.48. The highest BCUT2D eigenvalue weighted by atomic mass is 31.1. The lowest BCUT2D eigenvalue weighted by Gasteiger charge is -2.11. The Morgan fingerprint density at radius 2 is 1.39 bits per heavy atom. The summed E-state index contributed by atoms with van der Waals surface area (Å²) in [5.74, 6) is 0.905. The Labute approximate surface area is 138 Å². The summed E-state index contributed by atoms with van der Waals surface area (Å²) >= 11 is 0. The molecule has 3 aromatic rings. The summed E-state index contributed by atoms with van der Waals surface area (Å²) in [5.41, 5.74) is 3.16. The first-order chi connectivity index (χ1) is 11.4. The molecule has 0 radical (unpaired) electrons. The van der Waals surface area contributed by atoms with Crippen molar-refractivity contribution in [3.63, 3.8) is 0 Å². The highest BCUT2D eigenvalue weighted by Gasteiger charge is 2.09. The van der Waals surface area contributed by atoms with Gasteiger partial charge in [0, 0.05) is 10.9 Å². The molecule has 3 heteroatoms. The van der Waals surface area contributed by atoms with Gasteiger partial charge in [0.25, 0.3) is 0 Å². The summed E-state index contributed by atoms with van der Waals surface area (Å²) in [6.07, 6.45) is 0. The molecule has 0 saturated carbocycles. The lowest BCUT2D eigenvalue weighted by atomic mass is 10.2. The Morgan fingerprint density at radius 3 is 2.09 bits per heavy atom. The third-order valence-electron chi connectivity index (χ3n) is 3.40. The number of ether oxygens (including phenoxy) is 1. The van der Waals surface area contributed by atoms with E-state index >= 15 is 0 Å². The molecule has 3 rings (SSSR count). The van der Waals surface area contributed by atoms with Crippen molar-refractivity contribution in [2.75, 3.05) is 7.11 Å². The van der Waals surface area contributed by atoms with Crippen molar-refractivity contribution < 1.29 is 4.74 Å². The number of methoxy groups -OCH3 is 1. The van der Waals surface area contributed by atoms with Gasteiger partial charge in [-0.2, -0.15) is 0 Å². The number of hydrogen-bond acceptors (Lipinski definition) is 2. The second-order valence-corrected chi connectivity index (χ2v) is 6.25. The first kappa shape index (κ1) is 15.5. The van der Waals surface area contributed by atoms with Gasteiger partial charge in [-0.05, 0) is 26.8 Å². The van der Waals surface area contributed by atoms with Crippen molar-refractivity contribution >= 4 is 25.0 Å². The van der Waals surface area contributed by atoms with Crippen LogP contribution < -0.4 is 10.0 Å². The highest BCUT2D eigenvalue weighted by molar-refractivity contribution is 7.66. The van der Waals surface area contributed by atoms with E-state index in [4.69, 9.17) is 9.73 Å². The average molecular weight is 319 g/mol. The number of hydrogen-bond donors (Lipinski definition) is 0. The molecule has 0 amide bonds. The SMILES string of the molecule is COc1ccccc1PC(=Nc1ccccc1)c1ccccc1. The molecule has 2 nitrogen and oxygen atoms in total. The maximum Gasteiger partial charge on any atom is 0.126 e. The summed E-state index contributed by atoms with van der Waals surface area (Å²) in [5, 5.41) is 1.16. The zero-order chi connectivity index (χ0) is 15.9. The molecule has 3 aromatic carbocycles. The average Bonchev–Trinajstić information content (AvgIpc) is 2.63. The third kappa shape index (κ3) is 4.06. The monoisotopic (exact) mass is 319 g/mol. The minimum absolute atomic E-state index is 0.429. The lowest BCUT2D eigenvalue weighted by Crippen LogP contribution is -2.05. The van der Waals surface area contributed by atoms with Gasteiger partial charge in [0.2, 0.25) is 0 Å². The van der Waals surface area contributed by atoms with Crippen molar-refractivity contribution in [1.29, 1.82) is 0 Å². The van der Waals surface area contributed by atoms with Gasteiger partial charge in [0.15, 0.2) is 0 Å². The van der Waals surface area contributed by atoms with Crippen molar-refractivity contribution in [3.05, 3.63) is 90.5 Å². The maximum absolute atomic E-state index is 5.48. The van der Waals surface area contributed by atoms with Gasteiger partial charge in [0.05, 0.1) is 18.2 Å². The molecule has 0 heterocycles. The van der Waals surface area contributed by atoms with Gasteiger partial charge in [-0.15, -0.1) is 0 Å². The first-order valence-corrected chi connectivity index (χ1v) is 8.46. The highest BCUT2D eigenvalue weighted by Crippen LogP contribution is 2.27. The van der Waals surface area contributed by atoms with Gasteiger partial charge >= 0.3 is 0 Å². The fraction of sp³-hybridized carbons (Fsp3) is 0.0500. The summed E-state index contributed by atoms with van der Waals surface area (Å²) in [7, 11) is 2.14. The fourth-order valence-corrected chi connectivity index (χ4v) is 3.51. The third-order valence-corrected chi connectivity index (χ3v) is 4.72. The normalized spacial score (nSPS) is 11.8. The van der Waals surface area contributed by atoms with Crippen LogP contribution in [0.2, 0.25) is 0 Å². The quantitative estimate of drug-likeness (QED) is 0.490. The Kier molecular flexibility index (Phi) is 5.18. The van der Waals surface area contributed by atoms with Crippen molar-refractivity contribution in [1.82, 2.24) is 0 Å². The van der Waals surface area contributed by atoms with E-state index in [1.165, 1.54) is 0 Å². The zero-order valence-corrected chi connectivity index (χ0v) is 13.9. The van der Waals surface area contributed by atoms with Crippen molar-refractivity contribution in [3.8, 4) is 5.75 Å². The molecule has 0 aliphatic carbocycles. The summed E-state index contributed by atoms with van der Waals surface area (Å²) in [6.45, 7) is 0.